The smallest absolute Gasteiger partial charge is 0.330 e. The Hall–Kier alpha value is -0.650. The van der Waals surface area contributed by atoms with Crippen LogP contribution in [0, 0.1) is 0 Å². The normalized spacial score (nSPS) is 12.1. The SMILES string of the molecule is CC(=CCN(C)Cc1cc(Br)cs1)C(=O)O. The predicted octanol–water partition coefficient (Wildman–Crippen LogP) is 2.97. The van der Waals surface area contributed by atoms with Crippen molar-refractivity contribution in [3.8, 4) is 0 Å². The van der Waals surface area contributed by atoms with Gasteiger partial charge in [-0.15, -0.1) is 11.3 Å². The first kappa shape index (κ1) is 13.4. The fourth-order valence-electron chi connectivity index (χ4n) is 1.15. The molecule has 0 spiro atoms. The maximum atomic E-state index is 10.6. The van der Waals surface area contributed by atoms with Crippen LogP contribution in [0.4, 0.5) is 0 Å². The molecule has 0 aliphatic rings. The molecule has 1 heterocycles. The Morgan fingerprint density at radius 2 is 2.38 bits per heavy atom. The molecule has 1 N–H and O–H groups in total. The molecule has 0 aromatic carbocycles. The highest BCUT2D eigenvalue weighted by Gasteiger charge is 2.03. The van der Waals surface area contributed by atoms with Crippen molar-refractivity contribution in [1.82, 2.24) is 4.90 Å². The van der Waals surface area contributed by atoms with Crippen molar-refractivity contribution in [1.29, 1.82) is 0 Å². The number of likely N-dealkylation sites (N-methyl/N-ethyl adjacent to an activating group) is 1. The number of hydrogen-bond acceptors (Lipinski definition) is 3. The van der Waals surface area contributed by atoms with Crippen LogP contribution in [0.1, 0.15) is 11.8 Å². The lowest BCUT2D eigenvalue weighted by Crippen LogP contribution is -2.17. The maximum Gasteiger partial charge on any atom is 0.330 e. The number of halogens is 1. The fraction of sp³-hybridized carbons (Fsp3) is 0.364. The third-order valence-corrected chi connectivity index (χ3v) is 3.78. The predicted molar refractivity (Wildman–Crippen MR) is 69.7 cm³/mol. The van der Waals surface area contributed by atoms with Crippen molar-refractivity contribution in [3.63, 3.8) is 0 Å². The molecule has 0 saturated carbocycles. The average molecular weight is 304 g/mol. The van der Waals surface area contributed by atoms with Gasteiger partial charge in [-0.1, -0.05) is 6.08 Å². The van der Waals surface area contributed by atoms with E-state index in [2.05, 4.69) is 26.9 Å². The zero-order valence-electron chi connectivity index (χ0n) is 9.24. The molecule has 0 atom stereocenters. The van der Waals surface area contributed by atoms with E-state index in [1.807, 2.05) is 12.4 Å². The summed E-state index contributed by atoms with van der Waals surface area (Å²) in [5, 5.41) is 10.7. The molecule has 0 aliphatic heterocycles. The number of aliphatic carboxylic acids is 1. The van der Waals surface area contributed by atoms with Crippen molar-refractivity contribution in [2.45, 2.75) is 13.5 Å². The van der Waals surface area contributed by atoms with Gasteiger partial charge in [0.2, 0.25) is 0 Å². The molecule has 5 heteroatoms. The van der Waals surface area contributed by atoms with Crippen LogP contribution < -0.4 is 0 Å². The summed E-state index contributed by atoms with van der Waals surface area (Å²) in [6.45, 7) is 3.09. The Kier molecular flexibility index (Phi) is 5.18. The lowest BCUT2D eigenvalue weighted by atomic mass is 10.3. The van der Waals surface area contributed by atoms with Crippen LogP contribution in [0.15, 0.2) is 27.6 Å². The minimum absolute atomic E-state index is 0.388. The highest BCUT2D eigenvalue weighted by molar-refractivity contribution is 9.10. The summed E-state index contributed by atoms with van der Waals surface area (Å²) in [6, 6.07) is 2.08. The van der Waals surface area contributed by atoms with Crippen LogP contribution in [0.2, 0.25) is 0 Å². The molecule has 1 rings (SSSR count). The first-order valence-corrected chi connectivity index (χ1v) is 6.48. The second-order valence-corrected chi connectivity index (χ2v) is 5.53. The molecular weight excluding hydrogens is 290 g/mol. The van der Waals surface area contributed by atoms with E-state index in [-0.39, 0.29) is 0 Å². The van der Waals surface area contributed by atoms with Crippen molar-refractivity contribution in [3.05, 3.63) is 32.4 Å². The molecular formula is C11H14BrNO2S. The van der Waals surface area contributed by atoms with Crippen molar-refractivity contribution >= 4 is 33.2 Å². The Morgan fingerprint density at radius 3 is 2.88 bits per heavy atom. The van der Waals surface area contributed by atoms with E-state index in [0.717, 1.165) is 11.0 Å². The second-order valence-electron chi connectivity index (χ2n) is 3.62. The van der Waals surface area contributed by atoms with E-state index < -0.39 is 5.97 Å². The average Bonchev–Trinajstić information content (AvgIpc) is 2.60. The third kappa shape index (κ3) is 4.47. The van der Waals surface area contributed by atoms with Crippen LogP contribution in [-0.2, 0) is 11.3 Å². The quantitative estimate of drug-likeness (QED) is 0.850. The standard InChI is InChI=1S/C11H14BrNO2S/c1-8(11(14)15)3-4-13(2)6-10-5-9(12)7-16-10/h3,5,7H,4,6H2,1-2H3,(H,14,15). The van der Waals surface area contributed by atoms with Gasteiger partial charge in [0.05, 0.1) is 0 Å². The zero-order valence-corrected chi connectivity index (χ0v) is 11.6. The number of nitrogens with zero attached hydrogens (tertiary/aromatic N) is 1. The van der Waals surface area contributed by atoms with Gasteiger partial charge in [-0.3, -0.25) is 4.90 Å². The van der Waals surface area contributed by atoms with Gasteiger partial charge in [0.1, 0.15) is 0 Å². The van der Waals surface area contributed by atoms with Gasteiger partial charge in [0.15, 0.2) is 0 Å². The Labute approximate surface area is 108 Å². The topological polar surface area (TPSA) is 40.5 Å². The van der Waals surface area contributed by atoms with Gasteiger partial charge in [0.25, 0.3) is 0 Å². The van der Waals surface area contributed by atoms with Gasteiger partial charge >= 0.3 is 5.97 Å². The molecule has 1 aromatic heterocycles. The number of carboxylic acids is 1. The molecule has 0 bridgehead atoms. The minimum atomic E-state index is -0.854. The van der Waals surface area contributed by atoms with E-state index >= 15 is 0 Å². The minimum Gasteiger partial charge on any atom is -0.478 e. The molecule has 0 unspecified atom stereocenters. The molecule has 0 radical (unpaired) electrons. The Bertz CT molecular complexity index is 400. The molecule has 0 amide bonds. The lowest BCUT2D eigenvalue weighted by molar-refractivity contribution is -0.132. The van der Waals surface area contributed by atoms with Gasteiger partial charge < -0.3 is 5.11 Å². The van der Waals surface area contributed by atoms with E-state index in [0.29, 0.717) is 12.1 Å². The zero-order chi connectivity index (χ0) is 12.1. The second kappa shape index (κ2) is 6.18. The molecule has 0 aliphatic carbocycles. The van der Waals surface area contributed by atoms with Crippen LogP contribution in [0.3, 0.4) is 0 Å². The van der Waals surface area contributed by atoms with Crippen LogP contribution in [0.25, 0.3) is 0 Å². The maximum absolute atomic E-state index is 10.6. The molecule has 88 valence electrons. The molecule has 16 heavy (non-hydrogen) atoms. The molecule has 1 aromatic rings. The van der Waals surface area contributed by atoms with E-state index in [4.69, 9.17) is 5.11 Å². The van der Waals surface area contributed by atoms with Crippen LogP contribution in [0.5, 0.6) is 0 Å². The van der Waals surface area contributed by atoms with E-state index in [1.54, 1.807) is 24.3 Å². The number of carbonyl (C=O) groups is 1. The Morgan fingerprint density at radius 1 is 1.69 bits per heavy atom. The Balaban J connectivity index is 2.45. The first-order valence-electron chi connectivity index (χ1n) is 4.80. The van der Waals surface area contributed by atoms with Crippen molar-refractivity contribution in [2.24, 2.45) is 0 Å². The lowest BCUT2D eigenvalue weighted by Gasteiger charge is -2.12. The van der Waals surface area contributed by atoms with Gasteiger partial charge in [-0.25, -0.2) is 4.79 Å². The van der Waals surface area contributed by atoms with Crippen LogP contribution in [-0.4, -0.2) is 29.6 Å². The number of rotatable bonds is 5. The summed E-state index contributed by atoms with van der Waals surface area (Å²) in [4.78, 5) is 13.9. The van der Waals surface area contributed by atoms with Crippen molar-refractivity contribution in [2.75, 3.05) is 13.6 Å². The molecule has 3 nitrogen and oxygen atoms in total. The highest BCUT2D eigenvalue weighted by atomic mass is 79.9. The fourth-order valence-corrected chi connectivity index (χ4v) is 2.68. The summed E-state index contributed by atoms with van der Waals surface area (Å²) >= 11 is 5.10. The number of hydrogen-bond donors (Lipinski definition) is 1. The van der Waals surface area contributed by atoms with Gasteiger partial charge in [-0.2, -0.15) is 0 Å². The van der Waals surface area contributed by atoms with Crippen molar-refractivity contribution < 1.29 is 9.90 Å². The number of thiophene rings is 1. The van der Waals surface area contributed by atoms with Crippen LogP contribution >= 0.6 is 27.3 Å². The summed E-state index contributed by atoms with van der Waals surface area (Å²) in [7, 11) is 1.97. The third-order valence-electron chi connectivity index (χ3n) is 2.09. The summed E-state index contributed by atoms with van der Waals surface area (Å²) in [6.07, 6.45) is 1.73. The summed E-state index contributed by atoms with van der Waals surface area (Å²) in [5.41, 5.74) is 0.388. The highest BCUT2D eigenvalue weighted by Crippen LogP contribution is 2.20. The summed E-state index contributed by atoms with van der Waals surface area (Å²) < 4.78 is 1.10. The first-order chi connectivity index (χ1) is 7.49. The number of carboxylic acid groups (broad SMARTS) is 1. The van der Waals surface area contributed by atoms with E-state index in [1.165, 1.54) is 4.88 Å². The monoisotopic (exact) mass is 303 g/mol. The molecule has 0 saturated heterocycles. The van der Waals surface area contributed by atoms with E-state index in [9.17, 15) is 4.79 Å². The largest absolute Gasteiger partial charge is 0.478 e. The molecule has 0 fully saturated rings. The van der Waals surface area contributed by atoms with Gasteiger partial charge in [-0.05, 0) is 36.0 Å². The van der Waals surface area contributed by atoms with Gasteiger partial charge in [0, 0.05) is 33.4 Å². The summed E-state index contributed by atoms with van der Waals surface area (Å²) in [5.74, 6) is -0.854.